The molecule has 108 valence electrons. The van der Waals surface area contributed by atoms with Crippen molar-refractivity contribution in [1.82, 2.24) is 24.6 Å². The van der Waals surface area contributed by atoms with Crippen molar-refractivity contribution in [2.24, 2.45) is 7.05 Å². The standard InChI is InChI=1S/C13H18ClN5O/c1-9-7-19(4-3-5-20-9)8-11-16-12(14)10-6-15-18(2)13(10)17-11/h6,9H,3-5,7-8H2,1-2H3. The van der Waals surface area contributed by atoms with E-state index in [4.69, 9.17) is 16.3 Å². The minimum absolute atomic E-state index is 0.244. The van der Waals surface area contributed by atoms with Crippen molar-refractivity contribution in [3.63, 3.8) is 0 Å². The Morgan fingerprint density at radius 1 is 1.45 bits per heavy atom. The third kappa shape index (κ3) is 2.77. The number of ether oxygens (including phenoxy) is 1. The molecule has 2 aromatic rings. The van der Waals surface area contributed by atoms with Gasteiger partial charge in [-0.2, -0.15) is 5.10 Å². The van der Waals surface area contributed by atoms with E-state index < -0.39 is 0 Å². The zero-order valence-corrected chi connectivity index (χ0v) is 12.5. The van der Waals surface area contributed by atoms with Crippen molar-refractivity contribution >= 4 is 22.6 Å². The molecule has 0 spiro atoms. The van der Waals surface area contributed by atoms with Crippen molar-refractivity contribution in [3.8, 4) is 0 Å². The quantitative estimate of drug-likeness (QED) is 0.788. The molecule has 0 aromatic carbocycles. The summed E-state index contributed by atoms with van der Waals surface area (Å²) >= 11 is 6.21. The van der Waals surface area contributed by atoms with E-state index in [1.165, 1.54) is 0 Å². The summed E-state index contributed by atoms with van der Waals surface area (Å²) in [5, 5.41) is 5.43. The second-order valence-corrected chi connectivity index (χ2v) is 5.56. The van der Waals surface area contributed by atoms with Crippen molar-refractivity contribution in [2.45, 2.75) is 26.0 Å². The molecule has 1 saturated heterocycles. The molecule has 0 bridgehead atoms. The summed E-state index contributed by atoms with van der Waals surface area (Å²) in [5.41, 5.74) is 0.777. The number of hydrogen-bond acceptors (Lipinski definition) is 5. The van der Waals surface area contributed by atoms with Crippen LogP contribution in [0.1, 0.15) is 19.2 Å². The Hall–Kier alpha value is -1.24. The maximum atomic E-state index is 6.21. The lowest BCUT2D eigenvalue weighted by molar-refractivity contribution is 0.0665. The van der Waals surface area contributed by atoms with Crippen LogP contribution in [0.5, 0.6) is 0 Å². The van der Waals surface area contributed by atoms with Gasteiger partial charge in [-0.25, -0.2) is 9.97 Å². The Balaban J connectivity index is 1.84. The van der Waals surface area contributed by atoms with Gasteiger partial charge in [-0.1, -0.05) is 11.6 Å². The normalized spacial score (nSPS) is 21.2. The number of halogens is 1. The summed E-state index contributed by atoms with van der Waals surface area (Å²) in [7, 11) is 1.86. The van der Waals surface area contributed by atoms with E-state index in [0.29, 0.717) is 11.7 Å². The first-order valence-electron chi connectivity index (χ1n) is 6.81. The number of aryl methyl sites for hydroxylation is 1. The highest BCUT2D eigenvalue weighted by Gasteiger charge is 2.17. The lowest BCUT2D eigenvalue weighted by Gasteiger charge is -2.20. The van der Waals surface area contributed by atoms with Crippen LogP contribution in [0.4, 0.5) is 0 Å². The predicted octanol–water partition coefficient (Wildman–Crippen LogP) is 1.63. The van der Waals surface area contributed by atoms with Gasteiger partial charge in [0.05, 0.1) is 24.2 Å². The summed E-state index contributed by atoms with van der Waals surface area (Å²) in [5.74, 6) is 0.736. The Morgan fingerprint density at radius 2 is 2.30 bits per heavy atom. The molecule has 1 aliphatic heterocycles. The second-order valence-electron chi connectivity index (χ2n) is 5.21. The van der Waals surface area contributed by atoms with E-state index in [2.05, 4.69) is 26.9 Å². The second kappa shape index (κ2) is 5.63. The number of nitrogens with zero attached hydrogens (tertiary/aromatic N) is 5. The van der Waals surface area contributed by atoms with Gasteiger partial charge < -0.3 is 4.74 Å². The summed E-state index contributed by atoms with van der Waals surface area (Å²) in [6.45, 7) is 5.49. The molecule has 3 heterocycles. The van der Waals surface area contributed by atoms with Gasteiger partial charge in [0.15, 0.2) is 5.65 Å². The number of fused-ring (bicyclic) bond motifs is 1. The van der Waals surface area contributed by atoms with Crippen LogP contribution in [0.15, 0.2) is 6.20 Å². The van der Waals surface area contributed by atoms with Crippen LogP contribution < -0.4 is 0 Å². The first-order valence-corrected chi connectivity index (χ1v) is 7.19. The molecule has 1 aliphatic rings. The van der Waals surface area contributed by atoms with Gasteiger partial charge in [-0.3, -0.25) is 9.58 Å². The van der Waals surface area contributed by atoms with Crippen LogP contribution >= 0.6 is 11.6 Å². The van der Waals surface area contributed by atoms with Crippen molar-refractivity contribution in [3.05, 3.63) is 17.2 Å². The molecule has 1 fully saturated rings. The van der Waals surface area contributed by atoms with Crippen LogP contribution in [-0.2, 0) is 18.3 Å². The van der Waals surface area contributed by atoms with Crippen LogP contribution in [0.25, 0.3) is 11.0 Å². The molecule has 2 aromatic heterocycles. The molecule has 0 radical (unpaired) electrons. The van der Waals surface area contributed by atoms with Crippen molar-refractivity contribution < 1.29 is 4.74 Å². The summed E-state index contributed by atoms with van der Waals surface area (Å²) in [6.07, 6.45) is 2.98. The number of rotatable bonds is 2. The molecular weight excluding hydrogens is 278 g/mol. The maximum absolute atomic E-state index is 6.21. The van der Waals surface area contributed by atoms with Gasteiger partial charge >= 0.3 is 0 Å². The van der Waals surface area contributed by atoms with Gasteiger partial charge in [0.2, 0.25) is 0 Å². The molecule has 6 nitrogen and oxygen atoms in total. The Bertz CT molecular complexity index is 614. The van der Waals surface area contributed by atoms with E-state index in [0.717, 1.165) is 43.0 Å². The highest BCUT2D eigenvalue weighted by molar-refractivity contribution is 6.33. The molecule has 3 rings (SSSR count). The van der Waals surface area contributed by atoms with E-state index in [-0.39, 0.29) is 6.10 Å². The minimum atomic E-state index is 0.244. The number of hydrogen-bond donors (Lipinski definition) is 0. The molecule has 0 aliphatic carbocycles. The molecule has 7 heteroatoms. The fraction of sp³-hybridized carbons (Fsp3) is 0.615. The molecule has 20 heavy (non-hydrogen) atoms. The zero-order valence-electron chi connectivity index (χ0n) is 11.7. The monoisotopic (exact) mass is 295 g/mol. The first kappa shape index (κ1) is 13.7. The first-order chi connectivity index (χ1) is 9.63. The number of aromatic nitrogens is 4. The Labute approximate surface area is 122 Å². The molecular formula is C13H18ClN5O. The molecule has 1 atom stereocenters. The lowest BCUT2D eigenvalue weighted by Crippen LogP contribution is -2.30. The average Bonchev–Trinajstić information content (AvgIpc) is 2.65. The van der Waals surface area contributed by atoms with E-state index >= 15 is 0 Å². The van der Waals surface area contributed by atoms with Crippen LogP contribution in [0, 0.1) is 0 Å². The van der Waals surface area contributed by atoms with Crippen LogP contribution in [-0.4, -0.2) is 50.4 Å². The highest BCUT2D eigenvalue weighted by atomic mass is 35.5. The van der Waals surface area contributed by atoms with Crippen molar-refractivity contribution in [2.75, 3.05) is 19.7 Å². The van der Waals surface area contributed by atoms with Crippen LogP contribution in [0.3, 0.4) is 0 Å². The Morgan fingerprint density at radius 3 is 3.15 bits per heavy atom. The van der Waals surface area contributed by atoms with Gasteiger partial charge in [0.25, 0.3) is 0 Å². The van der Waals surface area contributed by atoms with Gasteiger partial charge in [0, 0.05) is 26.7 Å². The Kier molecular flexibility index (Phi) is 3.87. The fourth-order valence-electron chi connectivity index (χ4n) is 2.52. The fourth-order valence-corrected chi connectivity index (χ4v) is 2.76. The molecule has 0 amide bonds. The van der Waals surface area contributed by atoms with E-state index in [9.17, 15) is 0 Å². The SMILES string of the molecule is CC1CN(Cc2nc(Cl)c3cnn(C)c3n2)CCCO1. The van der Waals surface area contributed by atoms with E-state index in [1.807, 2.05) is 7.05 Å². The minimum Gasteiger partial charge on any atom is -0.377 e. The largest absolute Gasteiger partial charge is 0.377 e. The third-order valence-electron chi connectivity index (χ3n) is 3.49. The van der Waals surface area contributed by atoms with Gasteiger partial charge in [-0.05, 0) is 13.3 Å². The summed E-state index contributed by atoms with van der Waals surface area (Å²) in [6, 6.07) is 0. The topological polar surface area (TPSA) is 56.1 Å². The molecule has 1 unspecified atom stereocenters. The van der Waals surface area contributed by atoms with Crippen LogP contribution in [0.2, 0.25) is 5.15 Å². The van der Waals surface area contributed by atoms with E-state index in [1.54, 1.807) is 10.9 Å². The molecule has 0 N–H and O–H groups in total. The van der Waals surface area contributed by atoms with Gasteiger partial charge in [-0.15, -0.1) is 0 Å². The zero-order chi connectivity index (χ0) is 14.1. The maximum Gasteiger partial charge on any atom is 0.162 e. The van der Waals surface area contributed by atoms with Crippen molar-refractivity contribution in [1.29, 1.82) is 0 Å². The molecule has 0 saturated carbocycles. The third-order valence-corrected chi connectivity index (χ3v) is 3.78. The lowest BCUT2D eigenvalue weighted by atomic mass is 10.3. The predicted molar refractivity (Wildman–Crippen MR) is 76.6 cm³/mol. The summed E-state index contributed by atoms with van der Waals surface area (Å²) in [4.78, 5) is 11.3. The highest BCUT2D eigenvalue weighted by Crippen LogP contribution is 2.20. The van der Waals surface area contributed by atoms with Gasteiger partial charge in [0.1, 0.15) is 11.0 Å². The average molecular weight is 296 g/mol. The smallest absolute Gasteiger partial charge is 0.162 e. The summed E-state index contributed by atoms with van der Waals surface area (Å²) < 4.78 is 7.37.